The van der Waals surface area contributed by atoms with Crippen molar-refractivity contribution in [3.05, 3.63) is 23.8 Å². The van der Waals surface area contributed by atoms with Crippen LogP contribution in [0.1, 0.15) is 63.4 Å². The number of ether oxygens (including phenoxy) is 3. The van der Waals surface area contributed by atoms with E-state index in [0.717, 1.165) is 63.1 Å². The molecule has 3 unspecified atom stereocenters. The van der Waals surface area contributed by atoms with E-state index in [4.69, 9.17) is 14.2 Å². The molecule has 3 heterocycles. The normalized spacial score (nSPS) is 27.6. The molecule has 1 aromatic carbocycles. The van der Waals surface area contributed by atoms with E-state index >= 15 is 0 Å². The summed E-state index contributed by atoms with van der Waals surface area (Å²) >= 11 is 0. The van der Waals surface area contributed by atoms with E-state index < -0.39 is 0 Å². The number of fused-ring (bicyclic) bond motifs is 2. The lowest BCUT2D eigenvalue weighted by Crippen LogP contribution is -2.44. The number of benzene rings is 1. The summed E-state index contributed by atoms with van der Waals surface area (Å²) in [6, 6.07) is 7.42. The van der Waals surface area contributed by atoms with Gasteiger partial charge in [-0.2, -0.15) is 0 Å². The fourth-order valence-electron chi connectivity index (χ4n) is 5.85. The van der Waals surface area contributed by atoms with E-state index in [1.54, 1.807) is 14.2 Å². The number of rotatable bonds is 5. The molecule has 3 aliphatic heterocycles. The highest BCUT2D eigenvalue weighted by atomic mass is 16.6. The molecule has 6 nitrogen and oxygen atoms in total. The van der Waals surface area contributed by atoms with Gasteiger partial charge in [-0.15, -0.1) is 0 Å². The van der Waals surface area contributed by atoms with Crippen LogP contribution in [0.2, 0.25) is 0 Å². The fraction of sp³-hybridized carbons (Fsp3) is 0.708. The maximum absolute atomic E-state index is 12.5. The molecule has 1 aromatic rings. The Kier molecular flexibility index (Phi) is 6.71. The van der Waals surface area contributed by atoms with Gasteiger partial charge in [-0.3, -0.25) is 0 Å². The van der Waals surface area contributed by atoms with E-state index in [1.165, 1.54) is 12.0 Å². The Balaban J connectivity index is 1.39. The Morgan fingerprint density at radius 3 is 2.33 bits per heavy atom. The molecule has 0 spiro atoms. The molecule has 3 aliphatic rings. The Morgan fingerprint density at radius 2 is 1.67 bits per heavy atom. The molecule has 0 aromatic heterocycles. The lowest BCUT2D eigenvalue weighted by Gasteiger charge is -2.39. The topological polar surface area (TPSA) is 51.2 Å². The molecule has 0 N–H and O–H groups in total. The van der Waals surface area contributed by atoms with Crippen molar-refractivity contribution < 1.29 is 19.0 Å². The number of amides is 1. The van der Waals surface area contributed by atoms with Gasteiger partial charge in [-0.25, -0.2) is 4.79 Å². The molecular weight excluding hydrogens is 380 g/mol. The fourth-order valence-corrected chi connectivity index (χ4v) is 5.85. The highest BCUT2D eigenvalue weighted by Crippen LogP contribution is 2.40. The highest BCUT2D eigenvalue weighted by molar-refractivity contribution is 5.69. The summed E-state index contributed by atoms with van der Waals surface area (Å²) in [5.74, 6) is 2.36. The third-order valence-corrected chi connectivity index (χ3v) is 7.40. The Labute approximate surface area is 180 Å². The molecule has 0 radical (unpaired) electrons. The third-order valence-electron chi connectivity index (χ3n) is 7.40. The number of likely N-dealkylation sites (tertiary alicyclic amines) is 1. The van der Waals surface area contributed by atoms with E-state index in [2.05, 4.69) is 15.9 Å². The van der Waals surface area contributed by atoms with Crippen LogP contribution in [0.25, 0.3) is 0 Å². The van der Waals surface area contributed by atoms with Gasteiger partial charge in [0.05, 0.1) is 20.8 Å². The summed E-state index contributed by atoms with van der Waals surface area (Å²) in [6.45, 7) is 4.56. The van der Waals surface area contributed by atoms with Gasteiger partial charge in [0.25, 0.3) is 0 Å². The van der Waals surface area contributed by atoms with Crippen molar-refractivity contribution in [2.45, 2.75) is 75.9 Å². The molecule has 0 aliphatic carbocycles. The van der Waals surface area contributed by atoms with Gasteiger partial charge in [0.1, 0.15) is 11.5 Å². The summed E-state index contributed by atoms with van der Waals surface area (Å²) in [7, 11) is 3.46. The number of piperidine rings is 1. The summed E-state index contributed by atoms with van der Waals surface area (Å²) < 4.78 is 16.4. The predicted octanol–water partition coefficient (Wildman–Crippen LogP) is 4.43. The van der Waals surface area contributed by atoms with Gasteiger partial charge in [0, 0.05) is 23.7 Å². The zero-order chi connectivity index (χ0) is 21.1. The first-order valence-corrected chi connectivity index (χ1v) is 11.6. The van der Waals surface area contributed by atoms with Crippen LogP contribution < -0.4 is 9.47 Å². The molecule has 6 heteroatoms. The molecule has 1 amide bonds. The minimum absolute atomic E-state index is 0.102. The SMILES string of the molecule is CCOC(=O)N1C2CCC(N3CCC(c4cc(OC)ccc4OC)CC3)CC1CC2. The summed E-state index contributed by atoms with van der Waals surface area (Å²) in [5, 5.41) is 0. The largest absolute Gasteiger partial charge is 0.497 e. The first kappa shape index (κ1) is 21.3. The first-order valence-electron chi connectivity index (χ1n) is 11.6. The van der Waals surface area contributed by atoms with Gasteiger partial charge in [-0.1, -0.05) is 0 Å². The molecule has 3 fully saturated rings. The number of hydrogen-bond donors (Lipinski definition) is 0. The van der Waals surface area contributed by atoms with Crippen molar-refractivity contribution in [1.82, 2.24) is 9.80 Å². The number of nitrogens with zero attached hydrogens (tertiary/aromatic N) is 2. The van der Waals surface area contributed by atoms with E-state index in [9.17, 15) is 4.79 Å². The average molecular weight is 417 g/mol. The molecular formula is C24H36N2O4. The van der Waals surface area contributed by atoms with Crippen LogP contribution in [0.3, 0.4) is 0 Å². The number of hydrogen-bond acceptors (Lipinski definition) is 5. The van der Waals surface area contributed by atoms with Gasteiger partial charge in [0.2, 0.25) is 0 Å². The third kappa shape index (κ3) is 4.25. The Bertz CT molecular complexity index is 732. The van der Waals surface area contributed by atoms with Gasteiger partial charge in [0.15, 0.2) is 0 Å². The summed E-state index contributed by atoms with van der Waals surface area (Å²) in [5.41, 5.74) is 1.27. The molecule has 0 saturated carbocycles. The molecule has 4 rings (SSSR count). The number of carbonyl (C=O) groups is 1. The lowest BCUT2D eigenvalue weighted by molar-refractivity contribution is 0.0845. The van der Waals surface area contributed by atoms with Crippen LogP contribution in [-0.2, 0) is 4.74 Å². The summed E-state index contributed by atoms with van der Waals surface area (Å²) in [4.78, 5) is 17.2. The minimum atomic E-state index is -0.102. The zero-order valence-electron chi connectivity index (χ0n) is 18.6. The standard InChI is InChI=1S/C24H36N2O4/c1-4-30-24(27)26-18-5-7-19(15-20(26)8-6-18)25-13-11-17(12-14-25)22-16-21(28-2)9-10-23(22)29-3/h9-10,16-20H,4-8,11-15H2,1-3H3. The van der Waals surface area contributed by atoms with Crippen molar-refractivity contribution in [3.63, 3.8) is 0 Å². The molecule has 3 saturated heterocycles. The first-order chi connectivity index (χ1) is 14.6. The quantitative estimate of drug-likeness (QED) is 0.711. The number of methoxy groups -OCH3 is 2. The number of carbonyl (C=O) groups excluding carboxylic acids is 1. The van der Waals surface area contributed by atoms with Crippen LogP contribution in [0.15, 0.2) is 18.2 Å². The average Bonchev–Trinajstić information content (AvgIpc) is 3.07. The Hall–Kier alpha value is -1.95. The van der Waals surface area contributed by atoms with Crippen LogP contribution >= 0.6 is 0 Å². The predicted molar refractivity (Wildman–Crippen MR) is 116 cm³/mol. The Morgan fingerprint density at radius 1 is 0.967 bits per heavy atom. The second kappa shape index (κ2) is 9.46. The van der Waals surface area contributed by atoms with E-state index in [-0.39, 0.29) is 6.09 Å². The van der Waals surface area contributed by atoms with Gasteiger partial charge < -0.3 is 24.0 Å². The minimum Gasteiger partial charge on any atom is -0.497 e. The van der Waals surface area contributed by atoms with E-state index in [0.29, 0.717) is 30.7 Å². The maximum Gasteiger partial charge on any atom is 0.410 e. The van der Waals surface area contributed by atoms with Crippen LogP contribution in [0, 0.1) is 0 Å². The van der Waals surface area contributed by atoms with Crippen molar-refractivity contribution >= 4 is 6.09 Å². The maximum atomic E-state index is 12.5. The molecule has 166 valence electrons. The second-order valence-electron chi connectivity index (χ2n) is 8.88. The van der Waals surface area contributed by atoms with Gasteiger partial charge >= 0.3 is 6.09 Å². The molecule has 30 heavy (non-hydrogen) atoms. The van der Waals surface area contributed by atoms with Crippen LogP contribution in [0.4, 0.5) is 4.79 Å². The van der Waals surface area contributed by atoms with Crippen molar-refractivity contribution in [2.24, 2.45) is 0 Å². The zero-order valence-corrected chi connectivity index (χ0v) is 18.6. The monoisotopic (exact) mass is 416 g/mol. The van der Waals surface area contributed by atoms with Gasteiger partial charge in [-0.05, 0) is 89.1 Å². The summed E-state index contributed by atoms with van der Waals surface area (Å²) in [6.07, 6.45) is 7.79. The van der Waals surface area contributed by atoms with E-state index in [1.807, 2.05) is 19.1 Å². The van der Waals surface area contributed by atoms with Crippen LogP contribution in [0.5, 0.6) is 11.5 Å². The molecule has 3 atom stereocenters. The van der Waals surface area contributed by atoms with Crippen molar-refractivity contribution in [2.75, 3.05) is 33.9 Å². The second-order valence-corrected chi connectivity index (χ2v) is 8.88. The van der Waals surface area contributed by atoms with Crippen molar-refractivity contribution in [1.29, 1.82) is 0 Å². The van der Waals surface area contributed by atoms with Crippen molar-refractivity contribution in [3.8, 4) is 11.5 Å². The molecule has 2 bridgehead atoms. The highest BCUT2D eigenvalue weighted by Gasteiger charge is 2.42. The van der Waals surface area contributed by atoms with Crippen LogP contribution in [-0.4, -0.2) is 67.9 Å². The lowest BCUT2D eigenvalue weighted by atomic mass is 9.86. The smallest absolute Gasteiger partial charge is 0.410 e.